The molecule has 6 heteroatoms. The number of carboxylic acid groups (broad SMARTS) is 1. The van der Waals surface area contributed by atoms with Crippen LogP contribution in [0.4, 0.5) is 5.69 Å². The fourth-order valence-corrected chi connectivity index (χ4v) is 2.95. The molecule has 6 nitrogen and oxygen atoms in total. The smallest absolute Gasteiger partial charge is 0.307 e. The van der Waals surface area contributed by atoms with Crippen molar-refractivity contribution in [3.63, 3.8) is 0 Å². The second-order valence-electron chi connectivity index (χ2n) is 6.22. The average molecular weight is 373 g/mol. The van der Waals surface area contributed by atoms with Gasteiger partial charge in [0, 0.05) is 16.8 Å². The van der Waals surface area contributed by atoms with Crippen LogP contribution in [0.3, 0.4) is 0 Å². The number of carboxylic acids is 1. The molecule has 0 saturated carbocycles. The Labute approximate surface area is 162 Å². The van der Waals surface area contributed by atoms with Gasteiger partial charge in [-0.25, -0.2) is 0 Å². The van der Waals surface area contributed by atoms with Gasteiger partial charge in [-0.2, -0.15) is 0 Å². The average Bonchev–Trinajstić information content (AvgIpc) is 2.68. The molecule has 0 aromatic heterocycles. The summed E-state index contributed by atoms with van der Waals surface area (Å²) in [5, 5.41) is 19.4. The Morgan fingerprint density at radius 1 is 0.893 bits per heavy atom. The lowest BCUT2D eigenvalue weighted by Crippen LogP contribution is -2.14. The highest BCUT2D eigenvalue weighted by molar-refractivity contribution is 6.09. The number of hydrogen-bond donors (Lipinski definition) is 4. The molecule has 0 aliphatic carbocycles. The number of rotatable bonds is 6. The summed E-state index contributed by atoms with van der Waals surface area (Å²) in [6, 6.07) is 20.9. The van der Waals surface area contributed by atoms with Crippen LogP contribution in [0, 0.1) is 5.41 Å². The molecule has 0 unspecified atom stereocenters. The molecule has 28 heavy (non-hydrogen) atoms. The molecular weight excluding hydrogens is 354 g/mol. The second-order valence-corrected chi connectivity index (χ2v) is 6.22. The lowest BCUT2D eigenvalue weighted by molar-refractivity contribution is -0.136. The summed E-state index contributed by atoms with van der Waals surface area (Å²) < 4.78 is 0. The number of carbonyl (C=O) groups excluding carboxylic acids is 1. The van der Waals surface area contributed by atoms with Crippen molar-refractivity contribution in [3.05, 3.63) is 89.5 Å². The lowest BCUT2D eigenvalue weighted by atomic mass is 9.93. The van der Waals surface area contributed by atoms with Crippen LogP contribution < -0.4 is 11.1 Å². The topological polar surface area (TPSA) is 116 Å². The molecule has 0 aliphatic heterocycles. The zero-order valence-electron chi connectivity index (χ0n) is 15.0. The van der Waals surface area contributed by atoms with Gasteiger partial charge in [0.25, 0.3) is 5.91 Å². The molecule has 0 heterocycles. The van der Waals surface area contributed by atoms with Crippen molar-refractivity contribution in [1.82, 2.24) is 0 Å². The van der Waals surface area contributed by atoms with Crippen molar-refractivity contribution >= 4 is 23.4 Å². The van der Waals surface area contributed by atoms with Crippen LogP contribution in [0.25, 0.3) is 11.1 Å². The molecule has 1 amide bonds. The SMILES string of the molecule is N=C(N)c1ccc(NC(=O)c2ccccc2-c2ccccc2CC(=O)O)cc1. The van der Waals surface area contributed by atoms with E-state index < -0.39 is 5.97 Å². The van der Waals surface area contributed by atoms with E-state index >= 15 is 0 Å². The van der Waals surface area contributed by atoms with Crippen molar-refractivity contribution in [2.45, 2.75) is 6.42 Å². The van der Waals surface area contributed by atoms with Gasteiger partial charge in [-0.05, 0) is 47.0 Å². The number of hydrogen-bond acceptors (Lipinski definition) is 3. The van der Waals surface area contributed by atoms with Crippen LogP contribution in [0.5, 0.6) is 0 Å². The van der Waals surface area contributed by atoms with Gasteiger partial charge >= 0.3 is 5.97 Å². The van der Waals surface area contributed by atoms with E-state index in [1.165, 1.54) is 0 Å². The van der Waals surface area contributed by atoms with Gasteiger partial charge in [0.15, 0.2) is 0 Å². The maximum atomic E-state index is 12.9. The van der Waals surface area contributed by atoms with E-state index in [0.717, 1.165) is 0 Å². The number of amidine groups is 1. The number of carbonyl (C=O) groups is 2. The Hall–Kier alpha value is -3.93. The van der Waals surface area contributed by atoms with Gasteiger partial charge in [0.2, 0.25) is 0 Å². The van der Waals surface area contributed by atoms with Crippen molar-refractivity contribution in [1.29, 1.82) is 5.41 Å². The number of amides is 1. The maximum Gasteiger partial charge on any atom is 0.307 e. The number of aliphatic carboxylic acids is 1. The molecule has 0 bridgehead atoms. The standard InChI is InChI=1S/C22H19N3O3/c23-21(24)14-9-11-16(12-10-14)25-22(28)19-8-4-3-7-18(19)17-6-2-1-5-15(17)13-20(26)27/h1-12H,13H2,(H3,23,24)(H,25,28)(H,26,27). The molecule has 3 aromatic carbocycles. The Morgan fingerprint density at radius 3 is 2.14 bits per heavy atom. The van der Waals surface area contributed by atoms with E-state index in [2.05, 4.69) is 5.32 Å². The van der Waals surface area contributed by atoms with Crippen LogP contribution in [0.15, 0.2) is 72.8 Å². The molecule has 3 rings (SSSR count). The second kappa shape index (κ2) is 8.18. The Bertz CT molecular complexity index is 1040. The van der Waals surface area contributed by atoms with E-state index in [4.69, 9.17) is 16.2 Å². The number of nitrogens with one attached hydrogen (secondary N) is 2. The Morgan fingerprint density at radius 2 is 1.50 bits per heavy atom. The minimum absolute atomic E-state index is 0.0433. The number of nitrogens with two attached hydrogens (primary N) is 1. The number of benzene rings is 3. The molecule has 5 N–H and O–H groups in total. The molecular formula is C22H19N3O3. The largest absolute Gasteiger partial charge is 0.481 e. The van der Waals surface area contributed by atoms with Gasteiger partial charge in [0.05, 0.1) is 6.42 Å². The molecule has 0 radical (unpaired) electrons. The van der Waals surface area contributed by atoms with Gasteiger partial charge in [0.1, 0.15) is 5.84 Å². The lowest BCUT2D eigenvalue weighted by Gasteiger charge is -2.13. The van der Waals surface area contributed by atoms with Gasteiger partial charge in [-0.15, -0.1) is 0 Å². The zero-order chi connectivity index (χ0) is 20.1. The number of anilines is 1. The van der Waals surface area contributed by atoms with Crippen molar-refractivity contribution in [2.24, 2.45) is 5.73 Å². The highest BCUT2D eigenvalue weighted by atomic mass is 16.4. The molecule has 0 atom stereocenters. The highest BCUT2D eigenvalue weighted by Gasteiger charge is 2.16. The monoisotopic (exact) mass is 373 g/mol. The summed E-state index contributed by atoms with van der Waals surface area (Å²) in [7, 11) is 0. The number of nitrogen functional groups attached to an aromatic ring is 1. The summed E-state index contributed by atoms with van der Waals surface area (Å²) >= 11 is 0. The maximum absolute atomic E-state index is 12.9. The summed E-state index contributed by atoms with van der Waals surface area (Å²) in [4.78, 5) is 24.1. The first-order valence-electron chi connectivity index (χ1n) is 8.60. The molecule has 0 spiro atoms. The third-order valence-corrected chi connectivity index (χ3v) is 4.27. The van der Waals surface area contributed by atoms with Gasteiger partial charge in [-0.3, -0.25) is 15.0 Å². The van der Waals surface area contributed by atoms with Crippen LogP contribution in [-0.4, -0.2) is 22.8 Å². The van der Waals surface area contributed by atoms with E-state index in [1.54, 1.807) is 54.6 Å². The summed E-state index contributed by atoms with van der Waals surface area (Å²) in [5.41, 5.74) is 9.04. The molecule has 0 saturated heterocycles. The van der Waals surface area contributed by atoms with E-state index in [0.29, 0.717) is 33.5 Å². The normalized spacial score (nSPS) is 10.3. The Balaban J connectivity index is 1.93. The van der Waals surface area contributed by atoms with Crippen LogP contribution in [0.1, 0.15) is 21.5 Å². The van der Waals surface area contributed by atoms with Crippen molar-refractivity contribution in [3.8, 4) is 11.1 Å². The predicted octanol–water partition coefficient (Wildman–Crippen LogP) is 3.52. The first-order chi connectivity index (χ1) is 13.5. The van der Waals surface area contributed by atoms with E-state index in [1.807, 2.05) is 18.2 Å². The zero-order valence-corrected chi connectivity index (χ0v) is 15.0. The van der Waals surface area contributed by atoms with E-state index in [-0.39, 0.29) is 18.2 Å². The quantitative estimate of drug-likeness (QED) is 0.391. The first kappa shape index (κ1) is 18.8. The van der Waals surface area contributed by atoms with Crippen molar-refractivity contribution < 1.29 is 14.7 Å². The van der Waals surface area contributed by atoms with Crippen LogP contribution in [-0.2, 0) is 11.2 Å². The third-order valence-electron chi connectivity index (χ3n) is 4.27. The van der Waals surface area contributed by atoms with Crippen molar-refractivity contribution in [2.75, 3.05) is 5.32 Å². The summed E-state index contributed by atoms with van der Waals surface area (Å²) in [5.74, 6) is -1.28. The van der Waals surface area contributed by atoms with Gasteiger partial charge < -0.3 is 16.2 Å². The van der Waals surface area contributed by atoms with Gasteiger partial charge in [-0.1, -0.05) is 42.5 Å². The fourth-order valence-electron chi connectivity index (χ4n) is 2.95. The molecule has 0 fully saturated rings. The van der Waals surface area contributed by atoms with E-state index in [9.17, 15) is 9.59 Å². The summed E-state index contributed by atoms with van der Waals surface area (Å²) in [6.07, 6.45) is -0.126. The third kappa shape index (κ3) is 4.24. The fraction of sp³-hybridized carbons (Fsp3) is 0.0455. The van der Waals surface area contributed by atoms with Crippen LogP contribution >= 0.6 is 0 Å². The minimum atomic E-state index is -0.931. The highest BCUT2D eigenvalue weighted by Crippen LogP contribution is 2.28. The first-order valence-corrected chi connectivity index (χ1v) is 8.60. The molecule has 3 aromatic rings. The predicted molar refractivity (Wildman–Crippen MR) is 109 cm³/mol. The molecule has 140 valence electrons. The molecule has 0 aliphatic rings. The summed E-state index contributed by atoms with van der Waals surface area (Å²) in [6.45, 7) is 0. The van der Waals surface area contributed by atoms with Crippen LogP contribution in [0.2, 0.25) is 0 Å². The minimum Gasteiger partial charge on any atom is -0.481 e. The Kier molecular flexibility index (Phi) is 5.50.